The minimum Gasteiger partial charge on any atom is -0.478 e. The van der Waals surface area contributed by atoms with Crippen molar-refractivity contribution >= 4 is 5.82 Å². The quantitative estimate of drug-likeness (QED) is 0.848. The minimum atomic E-state index is 0.494. The highest BCUT2D eigenvalue weighted by Crippen LogP contribution is 2.24. The van der Waals surface area contributed by atoms with Crippen molar-refractivity contribution in [2.75, 3.05) is 31.1 Å². The van der Waals surface area contributed by atoms with E-state index in [1.165, 1.54) is 0 Å². The van der Waals surface area contributed by atoms with Gasteiger partial charge in [-0.05, 0) is 20.8 Å². The molecular formula is C12H20N4O. The number of hydrogen-bond donors (Lipinski definition) is 1. The number of aromatic nitrogens is 2. The van der Waals surface area contributed by atoms with Gasteiger partial charge in [-0.1, -0.05) is 0 Å². The van der Waals surface area contributed by atoms with Gasteiger partial charge in [0.15, 0.2) is 0 Å². The summed E-state index contributed by atoms with van der Waals surface area (Å²) in [7, 11) is 0. The molecular weight excluding hydrogens is 216 g/mol. The van der Waals surface area contributed by atoms with E-state index in [9.17, 15) is 0 Å². The van der Waals surface area contributed by atoms with Crippen LogP contribution in [0.2, 0.25) is 0 Å². The zero-order valence-electron chi connectivity index (χ0n) is 10.7. The van der Waals surface area contributed by atoms with E-state index in [1.807, 2.05) is 13.8 Å². The summed E-state index contributed by atoms with van der Waals surface area (Å²) >= 11 is 0. The Morgan fingerprint density at radius 2 is 2.35 bits per heavy atom. The predicted octanol–water partition coefficient (Wildman–Crippen LogP) is 0.982. The number of anilines is 1. The van der Waals surface area contributed by atoms with Crippen LogP contribution in [-0.2, 0) is 0 Å². The van der Waals surface area contributed by atoms with Crippen LogP contribution in [0.15, 0.2) is 6.33 Å². The zero-order valence-corrected chi connectivity index (χ0v) is 10.7. The third-order valence-electron chi connectivity index (χ3n) is 2.96. The molecule has 0 unspecified atom stereocenters. The Balaban J connectivity index is 2.22. The van der Waals surface area contributed by atoms with Crippen LogP contribution in [0.1, 0.15) is 19.4 Å². The first-order valence-electron chi connectivity index (χ1n) is 6.15. The van der Waals surface area contributed by atoms with Gasteiger partial charge in [0.05, 0.1) is 12.2 Å². The number of hydrogen-bond acceptors (Lipinski definition) is 5. The largest absolute Gasteiger partial charge is 0.478 e. The summed E-state index contributed by atoms with van der Waals surface area (Å²) in [5.41, 5.74) is 1.03. The molecule has 1 N–H and O–H groups in total. The molecule has 1 aliphatic rings. The van der Waals surface area contributed by atoms with Crippen molar-refractivity contribution in [2.24, 2.45) is 0 Å². The zero-order chi connectivity index (χ0) is 12.3. The van der Waals surface area contributed by atoms with Gasteiger partial charge >= 0.3 is 0 Å². The fourth-order valence-electron chi connectivity index (χ4n) is 2.15. The molecule has 2 heterocycles. The summed E-state index contributed by atoms with van der Waals surface area (Å²) in [5, 5.41) is 3.42. The Hall–Kier alpha value is -1.36. The highest BCUT2D eigenvalue weighted by molar-refractivity contribution is 5.50. The Morgan fingerprint density at radius 3 is 3.06 bits per heavy atom. The van der Waals surface area contributed by atoms with E-state index in [-0.39, 0.29) is 0 Å². The Bertz CT molecular complexity index is 383. The predicted molar refractivity (Wildman–Crippen MR) is 67.6 cm³/mol. The molecule has 0 aromatic carbocycles. The van der Waals surface area contributed by atoms with Gasteiger partial charge in [0, 0.05) is 25.7 Å². The molecule has 0 amide bonds. The number of ether oxygens (including phenoxy) is 1. The van der Waals surface area contributed by atoms with Gasteiger partial charge in [-0.15, -0.1) is 0 Å². The van der Waals surface area contributed by atoms with Gasteiger partial charge in [-0.3, -0.25) is 0 Å². The first kappa shape index (κ1) is 12.1. The van der Waals surface area contributed by atoms with Gasteiger partial charge in [0.25, 0.3) is 0 Å². The lowest BCUT2D eigenvalue weighted by atomic mass is 10.2. The topological polar surface area (TPSA) is 50.3 Å². The summed E-state index contributed by atoms with van der Waals surface area (Å²) in [6, 6.07) is 0.494. The van der Waals surface area contributed by atoms with Gasteiger partial charge in [-0.2, -0.15) is 0 Å². The van der Waals surface area contributed by atoms with Gasteiger partial charge in [0.1, 0.15) is 12.1 Å². The van der Waals surface area contributed by atoms with Crippen LogP contribution in [0.25, 0.3) is 0 Å². The van der Waals surface area contributed by atoms with E-state index in [0.717, 1.165) is 31.0 Å². The summed E-state index contributed by atoms with van der Waals surface area (Å²) in [6.45, 7) is 9.76. The van der Waals surface area contributed by atoms with E-state index in [2.05, 4.69) is 27.1 Å². The summed E-state index contributed by atoms with van der Waals surface area (Å²) in [6.07, 6.45) is 1.58. The van der Waals surface area contributed by atoms with E-state index < -0.39 is 0 Å². The molecule has 0 bridgehead atoms. The molecule has 5 heteroatoms. The number of rotatable bonds is 3. The molecule has 1 aromatic rings. The monoisotopic (exact) mass is 236 g/mol. The third kappa shape index (κ3) is 2.66. The Morgan fingerprint density at radius 1 is 1.53 bits per heavy atom. The van der Waals surface area contributed by atoms with Crippen molar-refractivity contribution in [3.8, 4) is 5.88 Å². The summed E-state index contributed by atoms with van der Waals surface area (Å²) in [4.78, 5) is 10.8. The highest BCUT2D eigenvalue weighted by atomic mass is 16.5. The molecule has 1 aromatic heterocycles. The lowest BCUT2D eigenvalue weighted by molar-refractivity contribution is 0.323. The molecule has 1 atom stereocenters. The molecule has 17 heavy (non-hydrogen) atoms. The van der Waals surface area contributed by atoms with Crippen molar-refractivity contribution in [3.63, 3.8) is 0 Å². The van der Waals surface area contributed by atoms with Crippen molar-refractivity contribution in [1.82, 2.24) is 15.3 Å². The molecule has 0 spiro atoms. The standard InChI is InChI=1S/C12H20N4O/c1-4-17-12-10(3)11(14-8-15-12)16-6-5-13-9(2)7-16/h8-9,13H,4-7H2,1-3H3/t9-/m0/s1. The normalized spacial score (nSPS) is 20.4. The molecule has 5 nitrogen and oxygen atoms in total. The minimum absolute atomic E-state index is 0.494. The molecule has 1 saturated heterocycles. The van der Waals surface area contributed by atoms with Crippen LogP contribution in [0, 0.1) is 6.92 Å². The van der Waals surface area contributed by atoms with Gasteiger partial charge in [0.2, 0.25) is 5.88 Å². The fraction of sp³-hybridized carbons (Fsp3) is 0.667. The van der Waals surface area contributed by atoms with Crippen LogP contribution >= 0.6 is 0 Å². The first-order valence-corrected chi connectivity index (χ1v) is 6.15. The maximum Gasteiger partial charge on any atom is 0.221 e. The fourth-order valence-corrected chi connectivity index (χ4v) is 2.15. The molecule has 94 valence electrons. The van der Waals surface area contributed by atoms with E-state index in [0.29, 0.717) is 18.5 Å². The van der Waals surface area contributed by atoms with Crippen LogP contribution in [0.3, 0.4) is 0 Å². The maximum atomic E-state index is 5.50. The van der Waals surface area contributed by atoms with Crippen LogP contribution < -0.4 is 15.0 Å². The molecule has 1 aliphatic heterocycles. The van der Waals surface area contributed by atoms with Crippen molar-refractivity contribution in [2.45, 2.75) is 26.8 Å². The van der Waals surface area contributed by atoms with Crippen LogP contribution in [0.4, 0.5) is 5.82 Å². The van der Waals surface area contributed by atoms with E-state index in [1.54, 1.807) is 6.33 Å². The molecule has 1 fully saturated rings. The Labute approximate surface area is 102 Å². The molecule has 0 aliphatic carbocycles. The van der Waals surface area contributed by atoms with E-state index in [4.69, 9.17) is 4.74 Å². The van der Waals surface area contributed by atoms with Crippen molar-refractivity contribution in [1.29, 1.82) is 0 Å². The average Bonchev–Trinajstić information content (AvgIpc) is 2.32. The molecule has 0 radical (unpaired) electrons. The van der Waals surface area contributed by atoms with Crippen LogP contribution in [-0.4, -0.2) is 42.3 Å². The van der Waals surface area contributed by atoms with Gasteiger partial charge < -0.3 is 15.0 Å². The Kier molecular flexibility index (Phi) is 3.78. The summed E-state index contributed by atoms with van der Waals surface area (Å²) < 4.78 is 5.50. The average molecular weight is 236 g/mol. The van der Waals surface area contributed by atoms with Crippen molar-refractivity contribution in [3.05, 3.63) is 11.9 Å². The SMILES string of the molecule is CCOc1ncnc(N2CCN[C@@H](C)C2)c1C. The highest BCUT2D eigenvalue weighted by Gasteiger charge is 2.20. The third-order valence-corrected chi connectivity index (χ3v) is 2.96. The second-order valence-electron chi connectivity index (χ2n) is 4.36. The van der Waals surface area contributed by atoms with Crippen LogP contribution in [0.5, 0.6) is 5.88 Å². The second-order valence-corrected chi connectivity index (χ2v) is 4.36. The number of nitrogens with one attached hydrogen (secondary N) is 1. The smallest absolute Gasteiger partial charge is 0.221 e. The number of piperazine rings is 1. The molecule has 0 saturated carbocycles. The molecule has 2 rings (SSSR count). The van der Waals surface area contributed by atoms with Gasteiger partial charge in [-0.25, -0.2) is 9.97 Å². The van der Waals surface area contributed by atoms with E-state index >= 15 is 0 Å². The first-order chi connectivity index (χ1) is 8.22. The number of nitrogens with zero attached hydrogens (tertiary/aromatic N) is 3. The summed E-state index contributed by atoms with van der Waals surface area (Å²) in [5.74, 6) is 1.69. The van der Waals surface area contributed by atoms with Crippen molar-refractivity contribution < 1.29 is 4.74 Å². The second kappa shape index (κ2) is 5.31. The maximum absolute atomic E-state index is 5.50. The lowest BCUT2D eigenvalue weighted by Gasteiger charge is -2.33. The lowest BCUT2D eigenvalue weighted by Crippen LogP contribution is -2.49.